The molecule has 0 aliphatic carbocycles. The van der Waals surface area contributed by atoms with Crippen LogP contribution in [0.3, 0.4) is 0 Å². The summed E-state index contributed by atoms with van der Waals surface area (Å²) in [6.45, 7) is 0.866. The molecule has 104 valence electrons. The number of sulfone groups is 1. The molecule has 0 aromatic heterocycles. The Morgan fingerprint density at radius 3 is 2.47 bits per heavy atom. The zero-order valence-electron chi connectivity index (χ0n) is 10.8. The summed E-state index contributed by atoms with van der Waals surface area (Å²) in [6, 6.07) is 6.07. The Morgan fingerprint density at radius 2 is 1.95 bits per heavy atom. The number of anilines is 1. The Morgan fingerprint density at radius 1 is 1.26 bits per heavy atom. The average molecular weight is 282 g/mol. The van der Waals surface area contributed by atoms with Crippen LogP contribution in [0.2, 0.25) is 0 Å². The minimum absolute atomic E-state index is 0.0631. The van der Waals surface area contributed by atoms with E-state index in [0.29, 0.717) is 5.69 Å². The zero-order valence-corrected chi connectivity index (χ0v) is 11.7. The minimum atomic E-state index is -3.19. The lowest BCUT2D eigenvalue weighted by Gasteiger charge is -2.22. The predicted molar refractivity (Wildman–Crippen MR) is 73.8 cm³/mol. The van der Waals surface area contributed by atoms with Crippen LogP contribution in [0, 0.1) is 0 Å². The molecular formula is C13H18N2O3S. The number of hydrogen-bond acceptors (Lipinski definition) is 4. The SMILES string of the molecule is CS(=O)(=O)c1ccc(NC(=O)C2CCCCN2)cc1. The predicted octanol–water partition coefficient (Wildman–Crippen LogP) is 1.17. The van der Waals surface area contributed by atoms with E-state index < -0.39 is 9.84 Å². The van der Waals surface area contributed by atoms with Gasteiger partial charge in [-0.05, 0) is 43.7 Å². The van der Waals surface area contributed by atoms with Gasteiger partial charge >= 0.3 is 0 Å². The fourth-order valence-corrected chi connectivity index (χ4v) is 2.72. The second-order valence-electron chi connectivity index (χ2n) is 4.79. The van der Waals surface area contributed by atoms with Crippen LogP contribution in [0.1, 0.15) is 19.3 Å². The van der Waals surface area contributed by atoms with E-state index in [1.54, 1.807) is 12.1 Å². The Labute approximate surface area is 113 Å². The van der Waals surface area contributed by atoms with Gasteiger partial charge < -0.3 is 10.6 Å². The molecule has 1 aliphatic rings. The summed E-state index contributed by atoms with van der Waals surface area (Å²) < 4.78 is 22.6. The summed E-state index contributed by atoms with van der Waals surface area (Å²) in [5.74, 6) is -0.0631. The van der Waals surface area contributed by atoms with Gasteiger partial charge in [-0.25, -0.2) is 8.42 Å². The van der Waals surface area contributed by atoms with Gasteiger partial charge in [0.1, 0.15) is 0 Å². The molecular weight excluding hydrogens is 264 g/mol. The number of piperidine rings is 1. The summed E-state index contributed by atoms with van der Waals surface area (Å²) in [7, 11) is -3.19. The third-order valence-electron chi connectivity index (χ3n) is 3.18. The Balaban J connectivity index is 2.01. The van der Waals surface area contributed by atoms with Crippen LogP contribution < -0.4 is 10.6 Å². The molecule has 1 unspecified atom stereocenters. The van der Waals surface area contributed by atoms with E-state index in [1.165, 1.54) is 12.1 Å². The Kier molecular flexibility index (Phi) is 4.21. The van der Waals surface area contributed by atoms with Crippen LogP contribution in [-0.2, 0) is 14.6 Å². The number of carbonyl (C=O) groups is 1. The molecule has 2 N–H and O–H groups in total. The van der Waals surface area contributed by atoms with Gasteiger partial charge in [0.2, 0.25) is 5.91 Å². The van der Waals surface area contributed by atoms with E-state index in [4.69, 9.17) is 0 Å². The highest BCUT2D eigenvalue weighted by atomic mass is 32.2. The molecule has 1 aromatic carbocycles. The van der Waals surface area contributed by atoms with Gasteiger partial charge in [-0.15, -0.1) is 0 Å². The van der Waals surface area contributed by atoms with Crippen molar-refractivity contribution in [3.63, 3.8) is 0 Å². The van der Waals surface area contributed by atoms with Crippen molar-refractivity contribution in [3.8, 4) is 0 Å². The number of rotatable bonds is 3. The van der Waals surface area contributed by atoms with Crippen molar-refractivity contribution in [1.29, 1.82) is 0 Å². The first-order valence-corrected chi connectivity index (χ1v) is 8.20. The van der Waals surface area contributed by atoms with Gasteiger partial charge in [-0.2, -0.15) is 0 Å². The highest BCUT2D eigenvalue weighted by molar-refractivity contribution is 7.90. The Hall–Kier alpha value is -1.40. The smallest absolute Gasteiger partial charge is 0.241 e. The second-order valence-corrected chi connectivity index (χ2v) is 6.80. The van der Waals surface area contributed by atoms with Gasteiger partial charge in [-0.3, -0.25) is 4.79 Å². The molecule has 0 spiro atoms. The monoisotopic (exact) mass is 282 g/mol. The summed E-state index contributed by atoms with van der Waals surface area (Å²) in [5.41, 5.74) is 0.616. The topological polar surface area (TPSA) is 75.3 Å². The van der Waals surface area contributed by atoms with Crippen LogP contribution in [0.25, 0.3) is 0 Å². The maximum absolute atomic E-state index is 12.0. The molecule has 0 bridgehead atoms. The summed E-state index contributed by atoms with van der Waals surface area (Å²) >= 11 is 0. The maximum atomic E-state index is 12.0. The lowest BCUT2D eigenvalue weighted by Crippen LogP contribution is -2.43. The van der Waals surface area contributed by atoms with Gasteiger partial charge in [-0.1, -0.05) is 6.42 Å². The quantitative estimate of drug-likeness (QED) is 0.872. The summed E-state index contributed by atoms with van der Waals surface area (Å²) in [6.07, 6.45) is 4.16. The number of nitrogens with one attached hydrogen (secondary N) is 2. The van der Waals surface area contributed by atoms with Crippen molar-refractivity contribution < 1.29 is 13.2 Å². The molecule has 19 heavy (non-hydrogen) atoms. The van der Waals surface area contributed by atoms with Crippen LogP contribution in [0.4, 0.5) is 5.69 Å². The highest BCUT2D eigenvalue weighted by Gasteiger charge is 2.20. The van der Waals surface area contributed by atoms with Crippen LogP contribution >= 0.6 is 0 Å². The lowest BCUT2D eigenvalue weighted by molar-refractivity contribution is -0.118. The van der Waals surface area contributed by atoms with Crippen molar-refractivity contribution in [2.45, 2.75) is 30.2 Å². The fourth-order valence-electron chi connectivity index (χ4n) is 2.09. The molecule has 1 amide bonds. The second kappa shape index (κ2) is 5.71. The molecule has 6 heteroatoms. The van der Waals surface area contributed by atoms with Crippen molar-refractivity contribution in [2.24, 2.45) is 0 Å². The Bertz CT molecular complexity index is 546. The van der Waals surface area contributed by atoms with E-state index in [-0.39, 0.29) is 16.8 Å². The van der Waals surface area contributed by atoms with Crippen molar-refractivity contribution >= 4 is 21.4 Å². The van der Waals surface area contributed by atoms with Crippen molar-refractivity contribution in [3.05, 3.63) is 24.3 Å². The van der Waals surface area contributed by atoms with E-state index in [0.717, 1.165) is 32.1 Å². The molecule has 1 saturated heterocycles. The standard InChI is InChI=1S/C13H18N2O3S/c1-19(17,18)11-7-5-10(6-8-11)15-13(16)12-4-2-3-9-14-12/h5-8,12,14H,2-4,9H2,1H3,(H,15,16). The highest BCUT2D eigenvalue weighted by Crippen LogP contribution is 2.15. The third-order valence-corrected chi connectivity index (χ3v) is 4.31. The molecule has 1 fully saturated rings. The summed E-state index contributed by atoms with van der Waals surface area (Å²) in [5, 5.41) is 5.96. The van der Waals surface area contributed by atoms with E-state index in [2.05, 4.69) is 10.6 Å². The molecule has 5 nitrogen and oxygen atoms in total. The molecule has 0 radical (unpaired) electrons. The largest absolute Gasteiger partial charge is 0.325 e. The normalized spacial score (nSPS) is 19.9. The average Bonchev–Trinajstić information content (AvgIpc) is 2.39. The summed E-state index contributed by atoms with van der Waals surface area (Å²) in [4.78, 5) is 12.2. The lowest BCUT2D eigenvalue weighted by atomic mass is 10.0. The first-order valence-electron chi connectivity index (χ1n) is 6.31. The van der Waals surface area contributed by atoms with Crippen LogP contribution in [0.15, 0.2) is 29.2 Å². The molecule has 1 aliphatic heterocycles. The number of benzene rings is 1. The van der Waals surface area contributed by atoms with E-state index in [9.17, 15) is 13.2 Å². The van der Waals surface area contributed by atoms with Crippen LogP contribution in [0.5, 0.6) is 0 Å². The third kappa shape index (κ3) is 3.78. The molecule has 2 rings (SSSR count). The van der Waals surface area contributed by atoms with E-state index in [1.807, 2.05) is 0 Å². The zero-order chi connectivity index (χ0) is 13.9. The molecule has 1 atom stereocenters. The van der Waals surface area contributed by atoms with Gasteiger partial charge in [0.05, 0.1) is 10.9 Å². The first-order chi connectivity index (χ1) is 8.97. The fraction of sp³-hybridized carbons (Fsp3) is 0.462. The van der Waals surface area contributed by atoms with E-state index >= 15 is 0 Å². The maximum Gasteiger partial charge on any atom is 0.241 e. The van der Waals surface area contributed by atoms with Crippen LogP contribution in [-0.4, -0.2) is 33.2 Å². The molecule has 0 saturated carbocycles. The molecule has 1 aromatic rings. The minimum Gasteiger partial charge on any atom is -0.325 e. The van der Waals surface area contributed by atoms with Gasteiger partial charge in [0.15, 0.2) is 9.84 Å². The van der Waals surface area contributed by atoms with Crippen molar-refractivity contribution in [1.82, 2.24) is 5.32 Å². The first kappa shape index (κ1) is 14.0. The van der Waals surface area contributed by atoms with Crippen molar-refractivity contribution in [2.75, 3.05) is 18.1 Å². The number of hydrogen-bond donors (Lipinski definition) is 2. The number of amides is 1. The number of carbonyl (C=O) groups excluding carboxylic acids is 1. The van der Waals surface area contributed by atoms with Gasteiger partial charge in [0.25, 0.3) is 0 Å². The molecule has 1 heterocycles. The van der Waals surface area contributed by atoms with Gasteiger partial charge in [0, 0.05) is 11.9 Å².